The number of hydrogen-bond acceptors (Lipinski definition) is 4. The monoisotopic (exact) mass is 259 g/mol. The number of rotatable bonds is 6. The number of tetrazole rings is 1. The van der Waals surface area contributed by atoms with Crippen molar-refractivity contribution in [2.24, 2.45) is 11.1 Å². The van der Waals surface area contributed by atoms with Gasteiger partial charge in [-0.15, -0.1) is 5.10 Å². The molecule has 0 aliphatic heterocycles. The molecular weight excluding hydrogens is 238 g/mol. The maximum absolute atomic E-state index is 5.92. The molecule has 2 aromatic rings. The highest BCUT2D eigenvalue weighted by molar-refractivity contribution is 5.30. The number of para-hydroxylation sites is 1. The van der Waals surface area contributed by atoms with Crippen LogP contribution < -0.4 is 5.73 Å². The molecule has 0 saturated carbocycles. The van der Waals surface area contributed by atoms with Gasteiger partial charge < -0.3 is 5.73 Å². The molecule has 1 unspecified atom stereocenters. The molecule has 0 aliphatic rings. The fourth-order valence-electron chi connectivity index (χ4n) is 2.33. The van der Waals surface area contributed by atoms with Crippen LogP contribution in [0, 0.1) is 5.41 Å². The van der Waals surface area contributed by atoms with Gasteiger partial charge in [0.25, 0.3) is 0 Å². The second-order valence-corrected chi connectivity index (χ2v) is 5.28. The van der Waals surface area contributed by atoms with Crippen molar-refractivity contribution < 1.29 is 0 Å². The summed E-state index contributed by atoms with van der Waals surface area (Å²) in [7, 11) is 0. The lowest BCUT2D eigenvalue weighted by Gasteiger charge is -2.26. The molecule has 0 spiro atoms. The molecule has 5 nitrogen and oxygen atoms in total. The normalized spacial score (nSPS) is 14.3. The summed E-state index contributed by atoms with van der Waals surface area (Å²) in [6.45, 7) is 5.01. The molecule has 5 heteroatoms. The Kier molecular flexibility index (Phi) is 4.27. The molecule has 0 aliphatic carbocycles. The van der Waals surface area contributed by atoms with Crippen molar-refractivity contribution >= 4 is 0 Å². The quantitative estimate of drug-likeness (QED) is 0.861. The van der Waals surface area contributed by atoms with E-state index in [1.807, 2.05) is 30.3 Å². The Morgan fingerprint density at radius 1 is 1.26 bits per heavy atom. The molecule has 2 N–H and O–H groups in total. The average molecular weight is 259 g/mol. The number of nitrogens with two attached hydrogens (primary N) is 1. The smallest absolute Gasteiger partial charge is 0.157 e. The van der Waals surface area contributed by atoms with E-state index in [0.717, 1.165) is 30.8 Å². The van der Waals surface area contributed by atoms with Gasteiger partial charge in [0.15, 0.2) is 5.82 Å². The fraction of sp³-hybridized carbons (Fsp3) is 0.500. The summed E-state index contributed by atoms with van der Waals surface area (Å²) in [6.07, 6.45) is 2.98. The van der Waals surface area contributed by atoms with Gasteiger partial charge in [-0.1, -0.05) is 38.5 Å². The zero-order chi connectivity index (χ0) is 13.7. The van der Waals surface area contributed by atoms with Crippen molar-refractivity contribution in [1.82, 2.24) is 20.2 Å². The number of hydrogen-bond donors (Lipinski definition) is 1. The number of aromatic nitrogens is 4. The summed E-state index contributed by atoms with van der Waals surface area (Å²) in [5.41, 5.74) is 6.96. The van der Waals surface area contributed by atoms with Gasteiger partial charge in [0.1, 0.15) is 0 Å². The minimum Gasteiger partial charge on any atom is -0.330 e. The van der Waals surface area contributed by atoms with E-state index in [2.05, 4.69) is 29.4 Å². The highest BCUT2D eigenvalue weighted by Crippen LogP contribution is 2.26. The Morgan fingerprint density at radius 3 is 2.63 bits per heavy atom. The van der Waals surface area contributed by atoms with Crippen molar-refractivity contribution in [3.8, 4) is 5.69 Å². The van der Waals surface area contributed by atoms with Crippen molar-refractivity contribution in [1.29, 1.82) is 0 Å². The van der Waals surface area contributed by atoms with Crippen LogP contribution in [0.4, 0.5) is 0 Å². The van der Waals surface area contributed by atoms with E-state index in [1.54, 1.807) is 4.68 Å². The molecular formula is C14H21N5. The van der Waals surface area contributed by atoms with Gasteiger partial charge in [-0.05, 0) is 40.9 Å². The maximum Gasteiger partial charge on any atom is 0.157 e. The predicted molar refractivity (Wildman–Crippen MR) is 74.9 cm³/mol. The Balaban J connectivity index is 2.25. The largest absolute Gasteiger partial charge is 0.330 e. The lowest BCUT2D eigenvalue weighted by Crippen LogP contribution is -2.30. The highest BCUT2D eigenvalue weighted by Gasteiger charge is 2.25. The SMILES string of the molecule is CCCC(C)(CN)Cc1nnnn1-c1ccccc1. The van der Waals surface area contributed by atoms with Crippen LogP contribution in [0.1, 0.15) is 32.5 Å². The first-order valence-corrected chi connectivity index (χ1v) is 6.71. The van der Waals surface area contributed by atoms with Gasteiger partial charge in [-0.25, -0.2) is 0 Å². The fourth-order valence-corrected chi connectivity index (χ4v) is 2.33. The van der Waals surface area contributed by atoms with Crippen LogP contribution in [0.25, 0.3) is 5.69 Å². The van der Waals surface area contributed by atoms with Crippen LogP contribution in [-0.4, -0.2) is 26.8 Å². The van der Waals surface area contributed by atoms with E-state index < -0.39 is 0 Å². The third-order valence-electron chi connectivity index (χ3n) is 3.47. The van der Waals surface area contributed by atoms with Crippen molar-refractivity contribution in [2.75, 3.05) is 6.54 Å². The van der Waals surface area contributed by atoms with Crippen LogP contribution in [0.5, 0.6) is 0 Å². The molecule has 1 aromatic heterocycles. The van der Waals surface area contributed by atoms with E-state index in [-0.39, 0.29) is 5.41 Å². The minimum atomic E-state index is 0.0516. The van der Waals surface area contributed by atoms with Gasteiger partial charge in [0.05, 0.1) is 5.69 Å². The summed E-state index contributed by atoms with van der Waals surface area (Å²) in [4.78, 5) is 0. The molecule has 0 radical (unpaired) electrons. The van der Waals surface area contributed by atoms with E-state index in [1.165, 1.54) is 0 Å². The number of benzene rings is 1. The second kappa shape index (κ2) is 5.93. The molecule has 1 heterocycles. The van der Waals surface area contributed by atoms with E-state index in [0.29, 0.717) is 6.54 Å². The van der Waals surface area contributed by atoms with Crippen LogP contribution in [0.15, 0.2) is 30.3 Å². The molecule has 0 bridgehead atoms. The van der Waals surface area contributed by atoms with Crippen molar-refractivity contribution in [3.05, 3.63) is 36.2 Å². The first-order chi connectivity index (χ1) is 9.18. The third-order valence-corrected chi connectivity index (χ3v) is 3.47. The van der Waals surface area contributed by atoms with Crippen LogP contribution in [0.3, 0.4) is 0 Å². The molecule has 1 atom stereocenters. The van der Waals surface area contributed by atoms with Gasteiger partial charge >= 0.3 is 0 Å². The summed E-state index contributed by atoms with van der Waals surface area (Å²) >= 11 is 0. The van der Waals surface area contributed by atoms with Crippen LogP contribution >= 0.6 is 0 Å². The van der Waals surface area contributed by atoms with Crippen LogP contribution in [0.2, 0.25) is 0 Å². The Bertz CT molecular complexity index is 508. The summed E-state index contributed by atoms with van der Waals surface area (Å²) < 4.78 is 1.80. The van der Waals surface area contributed by atoms with Crippen molar-refractivity contribution in [2.45, 2.75) is 33.1 Å². The first kappa shape index (κ1) is 13.7. The van der Waals surface area contributed by atoms with Gasteiger partial charge in [-0.3, -0.25) is 0 Å². The maximum atomic E-state index is 5.92. The molecule has 102 valence electrons. The van der Waals surface area contributed by atoms with Gasteiger partial charge in [-0.2, -0.15) is 4.68 Å². The van der Waals surface area contributed by atoms with E-state index >= 15 is 0 Å². The Morgan fingerprint density at radius 2 is 2.00 bits per heavy atom. The summed E-state index contributed by atoms with van der Waals surface area (Å²) in [5, 5.41) is 12.0. The molecule has 0 amide bonds. The summed E-state index contributed by atoms with van der Waals surface area (Å²) in [6, 6.07) is 9.94. The topological polar surface area (TPSA) is 69.6 Å². The lowest BCUT2D eigenvalue weighted by atomic mass is 9.82. The number of nitrogens with zero attached hydrogens (tertiary/aromatic N) is 4. The molecule has 19 heavy (non-hydrogen) atoms. The third kappa shape index (κ3) is 3.17. The standard InChI is InChI=1S/C14H21N5/c1-3-9-14(2,11-15)10-13-16-17-18-19(13)12-7-5-4-6-8-12/h4-8H,3,9-11,15H2,1-2H3. The minimum absolute atomic E-state index is 0.0516. The molecule has 2 rings (SSSR count). The molecule has 0 fully saturated rings. The lowest BCUT2D eigenvalue weighted by molar-refractivity contribution is 0.294. The average Bonchev–Trinajstić information content (AvgIpc) is 2.88. The summed E-state index contributed by atoms with van der Waals surface area (Å²) in [5.74, 6) is 0.868. The predicted octanol–water partition coefficient (Wildman–Crippen LogP) is 1.97. The van der Waals surface area contributed by atoms with E-state index in [9.17, 15) is 0 Å². The Hall–Kier alpha value is -1.75. The van der Waals surface area contributed by atoms with Gasteiger partial charge in [0.2, 0.25) is 0 Å². The van der Waals surface area contributed by atoms with Gasteiger partial charge in [0, 0.05) is 6.42 Å². The highest BCUT2D eigenvalue weighted by atomic mass is 15.5. The zero-order valence-electron chi connectivity index (χ0n) is 11.6. The first-order valence-electron chi connectivity index (χ1n) is 6.71. The Labute approximate surface area is 113 Å². The van der Waals surface area contributed by atoms with Crippen LogP contribution in [-0.2, 0) is 6.42 Å². The van der Waals surface area contributed by atoms with E-state index in [4.69, 9.17) is 5.73 Å². The molecule has 0 saturated heterocycles. The zero-order valence-corrected chi connectivity index (χ0v) is 11.6. The van der Waals surface area contributed by atoms with Crippen molar-refractivity contribution in [3.63, 3.8) is 0 Å². The second-order valence-electron chi connectivity index (χ2n) is 5.28. The molecule has 1 aromatic carbocycles.